The highest BCUT2D eigenvalue weighted by atomic mass is 19.1. The average Bonchev–Trinajstić information content (AvgIpc) is 3.48. The van der Waals surface area contributed by atoms with Crippen LogP contribution in [0.2, 0.25) is 0 Å². The molecule has 0 bridgehead atoms. The molecule has 0 fully saturated rings. The van der Waals surface area contributed by atoms with Crippen LogP contribution >= 0.6 is 0 Å². The highest BCUT2D eigenvalue weighted by Gasteiger charge is 2.14. The molecule has 0 amide bonds. The standard InChI is InChI=1S/C30H26FN3/c1-4-19(5-2)15-20(6-3)21-13-14-28-26(17-21)30(34-33-28)29-18-25-24(11-8-12-27(25)32-29)22-9-7-10-23(31)16-22/h4,6-18,32H,1,5H2,2-3H3,(H,33,34)/b19-15+,20-6+. The number of rotatable bonds is 6. The molecule has 0 spiro atoms. The minimum absolute atomic E-state index is 0.243. The quantitative estimate of drug-likeness (QED) is 0.252. The molecule has 4 heteroatoms. The second kappa shape index (κ2) is 8.99. The Morgan fingerprint density at radius 3 is 2.62 bits per heavy atom. The molecule has 0 atom stereocenters. The fraction of sp³-hybridized carbons (Fsp3) is 0.100. The topological polar surface area (TPSA) is 44.5 Å². The van der Waals surface area contributed by atoms with Crippen molar-refractivity contribution in [2.24, 2.45) is 0 Å². The summed E-state index contributed by atoms with van der Waals surface area (Å²) in [5, 5.41) is 9.87. The molecule has 5 rings (SSSR count). The summed E-state index contributed by atoms with van der Waals surface area (Å²) < 4.78 is 13.9. The summed E-state index contributed by atoms with van der Waals surface area (Å²) in [6.07, 6.45) is 7.14. The molecule has 0 radical (unpaired) electrons. The molecule has 0 aliphatic carbocycles. The molecule has 2 N–H and O–H groups in total. The molecule has 5 aromatic rings. The van der Waals surface area contributed by atoms with Gasteiger partial charge in [-0.2, -0.15) is 5.10 Å². The molecule has 0 saturated heterocycles. The molecule has 2 aromatic heterocycles. The summed E-state index contributed by atoms with van der Waals surface area (Å²) in [5.74, 6) is -0.243. The zero-order valence-electron chi connectivity index (χ0n) is 19.3. The number of fused-ring (bicyclic) bond motifs is 2. The van der Waals surface area contributed by atoms with E-state index in [4.69, 9.17) is 0 Å². The molecular formula is C30H26FN3. The monoisotopic (exact) mass is 447 g/mol. The number of allylic oxidation sites excluding steroid dienone is 5. The zero-order valence-corrected chi connectivity index (χ0v) is 19.3. The van der Waals surface area contributed by atoms with Gasteiger partial charge in [-0.05, 0) is 77.6 Å². The number of hydrogen-bond donors (Lipinski definition) is 2. The number of halogens is 1. The van der Waals surface area contributed by atoms with Crippen molar-refractivity contribution in [2.75, 3.05) is 0 Å². The summed E-state index contributed by atoms with van der Waals surface area (Å²) in [7, 11) is 0. The average molecular weight is 448 g/mol. The largest absolute Gasteiger partial charge is 0.353 e. The summed E-state index contributed by atoms with van der Waals surface area (Å²) >= 11 is 0. The maximum absolute atomic E-state index is 13.9. The lowest BCUT2D eigenvalue weighted by molar-refractivity contribution is 0.628. The molecule has 3 nitrogen and oxygen atoms in total. The third kappa shape index (κ3) is 3.88. The molecule has 0 unspecified atom stereocenters. The second-order valence-corrected chi connectivity index (χ2v) is 8.31. The van der Waals surface area contributed by atoms with E-state index in [1.807, 2.05) is 37.3 Å². The van der Waals surface area contributed by atoms with E-state index < -0.39 is 0 Å². The molecule has 3 aromatic carbocycles. The van der Waals surface area contributed by atoms with E-state index in [9.17, 15) is 4.39 Å². The summed E-state index contributed by atoms with van der Waals surface area (Å²) in [5.41, 5.74) is 9.04. The Labute approximate surface area is 198 Å². The predicted octanol–water partition coefficient (Wildman–Crippen LogP) is 8.44. The number of hydrogen-bond acceptors (Lipinski definition) is 1. The van der Waals surface area contributed by atoms with Crippen LogP contribution in [0.1, 0.15) is 25.8 Å². The smallest absolute Gasteiger partial charge is 0.123 e. The van der Waals surface area contributed by atoms with Crippen LogP contribution in [0.25, 0.3) is 49.9 Å². The van der Waals surface area contributed by atoms with Crippen LogP contribution in [-0.4, -0.2) is 15.2 Å². The summed E-state index contributed by atoms with van der Waals surface area (Å²) in [6, 6.07) is 21.2. The maximum atomic E-state index is 13.9. The second-order valence-electron chi connectivity index (χ2n) is 8.31. The molecular weight excluding hydrogens is 421 g/mol. The van der Waals surface area contributed by atoms with Gasteiger partial charge in [0, 0.05) is 16.3 Å². The molecule has 0 aliphatic rings. The number of nitrogens with one attached hydrogen (secondary N) is 2. The third-order valence-corrected chi connectivity index (χ3v) is 6.27. The van der Waals surface area contributed by atoms with Gasteiger partial charge < -0.3 is 4.98 Å². The third-order valence-electron chi connectivity index (χ3n) is 6.27. The first-order chi connectivity index (χ1) is 16.6. The number of aromatic amines is 2. The van der Waals surface area contributed by atoms with Gasteiger partial charge in [-0.15, -0.1) is 0 Å². The van der Waals surface area contributed by atoms with E-state index in [0.29, 0.717) is 0 Å². The lowest BCUT2D eigenvalue weighted by Gasteiger charge is -2.05. The fourth-order valence-electron chi connectivity index (χ4n) is 4.43. The van der Waals surface area contributed by atoms with E-state index in [0.717, 1.165) is 61.9 Å². The van der Waals surface area contributed by atoms with Gasteiger partial charge >= 0.3 is 0 Å². The van der Waals surface area contributed by atoms with Crippen LogP contribution in [-0.2, 0) is 0 Å². The number of benzene rings is 3. The molecule has 168 valence electrons. The van der Waals surface area contributed by atoms with Crippen LogP contribution in [0.4, 0.5) is 4.39 Å². The SMILES string of the molecule is C=C/C(=C\C(=C/C)c1ccc2[nH]nc(-c3cc4c(-c5cccc(F)c5)cccc4[nH]3)c2c1)CC. The lowest BCUT2D eigenvalue weighted by atomic mass is 9.99. The van der Waals surface area contributed by atoms with Gasteiger partial charge in [0.1, 0.15) is 11.5 Å². The van der Waals surface area contributed by atoms with Gasteiger partial charge in [-0.1, -0.05) is 62.1 Å². The van der Waals surface area contributed by atoms with E-state index in [1.165, 1.54) is 11.6 Å². The van der Waals surface area contributed by atoms with E-state index in [-0.39, 0.29) is 5.82 Å². The Hall–Kier alpha value is -4.18. The Morgan fingerprint density at radius 1 is 1.00 bits per heavy atom. The van der Waals surface area contributed by atoms with Gasteiger partial charge in [-0.3, -0.25) is 5.10 Å². The minimum atomic E-state index is -0.243. The van der Waals surface area contributed by atoms with Crippen molar-refractivity contribution in [2.45, 2.75) is 20.3 Å². The normalized spacial score (nSPS) is 12.6. The fourth-order valence-corrected chi connectivity index (χ4v) is 4.43. The zero-order chi connectivity index (χ0) is 23.7. The molecule has 0 saturated carbocycles. The Kier molecular flexibility index (Phi) is 5.72. The van der Waals surface area contributed by atoms with Gasteiger partial charge in [0.2, 0.25) is 0 Å². The van der Waals surface area contributed by atoms with Crippen molar-refractivity contribution in [1.29, 1.82) is 0 Å². The van der Waals surface area contributed by atoms with Crippen molar-refractivity contribution < 1.29 is 4.39 Å². The first-order valence-electron chi connectivity index (χ1n) is 11.5. The van der Waals surface area contributed by atoms with Crippen molar-refractivity contribution in [3.05, 3.63) is 108 Å². The van der Waals surface area contributed by atoms with Crippen LogP contribution in [0, 0.1) is 5.82 Å². The number of nitrogens with zero attached hydrogens (tertiary/aromatic N) is 1. The highest BCUT2D eigenvalue weighted by Crippen LogP contribution is 2.35. The highest BCUT2D eigenvalue weighted by molar-refractivity contribution is 6.01. The molecule has 0 aliphatic heterocycles. The Morgan fingerprint density at radius 2 is 1.85 bits per heavy atom. The van der Waals surface area contributed by atoms with Gasteiger partial charge in [0.15, 0.2) is 0 Å². The number of aromatic nitrogens is 3. The lowest BCUT2D eigenvalue weighted by Crippen LogP contribution is -1.85. The van der Waals surface area contributed by atoms with Crippen LogP contribution in [0.3, 0.4) is 0 Å². The maximum Gasteiger partial charge on any atom is 0.123 e. The van der Waals surface area contributed by atoms with Gasteiger partial charge in [0.25, 0.3) is 0 Å². The molecule has 2 heterocycles. The summed E-state index contributed by atoms with van der Waals surface area (Å²) in [4.78, 5) is 3.51. The van der Waals surface area contributed by atoms with Crippen molar-refractivity contribution >= 4 is 27.4 Å². The van der Waals surface area contributed by atoms with Crippen LogP contribution in [0.5, 0.6) is 0 Å². The number of H-pyrrole nitrogens is 2. The Bertz CT molecular complexity index is 1580. The van der Waals surface area contributed by atoms with E-state index >= 15 is 0 Å². The van der Waals surface area contributed by atoms with E-state index in [2.05, 4.69) is 65.1 Å². The minimum Gasteiger partial charge on any atom is -0.353 e. The summed E-state index contributed by atoms with van der Waals surface area (Å²) in [6.45, 7) is 8.11. The van der Waals surface area contributed by atoms with Gasteiger partial charge in [0.05, 0.1) is 11.2 Å². The first-order valence-corrected chi connectivity index (χ1v) is 11.5. The van der Waals surface area contributed by atoms with Crippen molar-refractivity contribution in [3.63, 3.8) is 0 Å². The van der Waals surface area contributed by atoms with Crippen LogP contribution in [0.15, 0.2) is 97.1 Å². The van der Waals surface area contributed by atoms with E-state index in [1.54, 1.807) is 12.1 Å². The van der Waals surface area contributed by atoms with Crippen molar-refractivity contribution in [3.8, 4) is 22.5 Å². The predicted molar refractivity (Wildman–Crippen MR) is 141 cm³/mol. The molecule has 34 heavy (non-hydrogen) atoms. The van der Waals surface area contributed by atoms with Crippen LogP contribution < -0.4 is 0 Å². The van der Waals surface area contributed by atoms with Gasteiger partial charge in [-0.25, -0.2) is 4.39 Å². The Balaban J connectivity index is 1.63. The van der Waals surface area contributed by atoms with Crippen molar-refractivity contribution in [1.82, 2.24) is 15.2 Å². The first kappa shape index (κ1) is 21.7.